The Balaban J connectivity index is 1.55. The number of nitrogens with one attached hydrogen (secondary N) is 2. The lowest BCUT2D eigenvalue weighted by molar-refractivity contribution is -0.138. The third kappa shape index (κ3) is 3.97. The van der Waals surface area contributed by atoms with Crippen molar-refractivity contribution in [2.24, 2.45) is 0 Å². The van der Waals surface area contributed by atoms with Gasteiger partial charge in [-0.2, -0.15) is 18.3 Å². The predicted octanol–water partition coefficient (Wildman–Crippen LogP) is 5.15. The van der Waals surface area contributed by atoms with Crippen LogP contribution in [0.5, 0.6) is 5.75 Å². The molecule has 0 radical (unpaired) electrons. The minimum absolute atomic E-state index is 0.0922. The molecular formula is C20H13F4N3O3. The Kier molecular flexibility index (Phi) is 4.90. The first-order valence-corrected chi connectivity index (χ1v) is 8.62. The van der Waals surface area contributed by atoms with Gasteiger partial charge in [0, 0.05) is 10.9 Å². The number of carbonyl (C=O) groups is 1. The van der Waals surface area contributed by atoms with Crippen LogP contribution in [-0.4, -0.2) is 16.1 Å². The number of fused-ring (bicyclic) bond motifs is 1. The Hall–Kier alpha value is -3.82. The number of hydrogen-bond acceptors (Lipinski definition) is 4. The molecule has 0 fully saturated rings. The van der Waals surface area contributed by atoms with Crippen LogP contribution in [0.1, 0.15) is 21.7 Å². The number of carbonyl (C=O) groups excluding carboxylic acids is 1. The summed E-state index contributed by atoms with van der Waals surface area (Å²) in [6.07, 6.45) is -3.35. The summed E-state index contributed by atoms with van der Waals surface area (Å²) in [5.41, 5.74) is -0.726. The van der Waals surface area contributed by atoms with E-state index >= 15 is 0 Å². The van der Waals surface area contributed by atoms with E-state index in [4.69, 9.17) is 9.15 Å². The maximum Gasteiger partial charge on any atom is 0.416 e. The molecule has 0 bridgehead atoms. The molecule has 1 amide bonds. The highest BCUT2D eigenvalue weighted by Gasteiger charge is 2.33. The van der Waals surface area contributed by atoms with E-state index in [2.05, 4.69) is 15.5 Å². The van der Waals surface area contributed by atoms with Crippen LogP contribution in [0.25, 0.3) is 10.9 Å². The number of nitrogens with zero attached hydrogens (tertiary/aromatic N) is 1. The van der Waals surface area contributed by atoms with Crippen LogP contribution >= 0.6 is 0 Å². The summed E-state index contributed by atoms with van der Waals surface area (Å²) in [5, 5.41) is 9.82. The van der Waals surface area contributed by atoms with Gasteiger partial charge in [0.05, 0.1) is 17.3 Å². The van der Waals surface area contributed by atoms with Crippen LogP contribution in [0.4, 0.5) is 23.4 Å². The van der Waals surface area contributed by atoms with Crippen molar-refractivity contribution < 1.29 is 31.5 Å². The highest BCUT2D eigenvalue weighted by atomic mass is 19.4. The molecule has 2 heterocycles. The number of H-pyrrole nitrogens is 1. The number of aromatic nitrogens is 2. The van der Waals surface area contributed by atoms with Gasteiger partial charge in [0.1, 0.15) is 18.2 Å². The highest BCUT2D eigenvalue weighted by molar-refractivity contribution is 6.06. The van der Waals surface area contributed by atoms with Gasteiger partial charge in [0.25, 0.3) is 5.91 Å². The van der Waals surface area contributed by atoms with Gasteiger partial charge in [-0.3, -0.25) is 9.89 Å². The van der Waals surface area contributed by atoms with Crippen molar-refractivity contribution in [3.8, 4) is 5.75 Å². The Morgan fingerprint density at radius 3 is 2.73 bits per heavy atom. The Bertz CT molecular complexity index is 1200. The van der Waals surface area contributed by atoms with Crippen molar-refractivity contribution in [3.05, 3.63) is 77.5 Å². The highest BCUT2D eigenvalue weighted by Crippen LogP contribution is 2.33. The molecule has 4 aromatic rings. The third-order valence-electron chi connectivity index (χ3n) is 4.28. The van der Waals surface area contributed by atoms with E-state index in [1.165, 1.54) is 24.5 Å². The molecule has 4 rings (SSSR count). The van der Waals surface area contributed by atoms with Crippen LogP contribution < -0.4 is 10.1 Å². The minimum Gasteiger partial charge on any atom is -0.489 e. The average molecular weight is 419 g/mol. The molecule has 0 saturated heterocycles. The molecule has 154 valence electrons. The molecule has 2 aromatic carbocycles. The van der Waals surface area contributed by atoms with Crippen LogP contribution in [-0.2, 0) is 12.8 Å². The molecule has 0 spiro atoms. The lowest BCUT2D eigenvalue weighted by Gasteiger charge is -2.14. The van der Waals surface area contributed by atoms with Crippen LogP contribution in [0.15, 0.2) is 59.2 Å². The van der Waals surface area contributed by atoms with Gasteiger partial charge in [-0.15, -0.1) is 0 Å². The van der Waals surface area contributed by atoms with Gasteiger partial charge in [-0.05, 0) is 42.5 Å². The van der Waals surface area contributed by atoms with E-state index in [1.807, 2.05) is 0 Å². The largest absolute Gasteiger partial charge is 0.489 e. The monoisotopic (exact) mass is 419 g/mol. The number of aromatic amines is 1. The predicted molar refractivity (Wildman–Crippen MR) is 98.5 cm³/mol. The van der Waals surface area contributed by atoms with Gasteiger partial charge in [-0.25, -0.2) is 4.39 Å². The fourth-order valence-electron chi connectivity index (χ4n) is 2.85. The smallest absolute Gasteiger partial charge is 0.416 e. The molecule has 0 atom stereocenters. The number of benzene rings is 2. The standard InChI is InChI=1S/C20H13F4N3O3/c21-12-4-3-11(15(8-12)20(22,23)24)10-30-13-5-6-16-14(9-13)18(27-26-16)25-19(28)17-2-1-7-29-17/h1-9H,10H2,(H2,25,26,27,28). The van der Waals surface area contributed by atoms with Crippen molar-refractivity contribution in [1.82, 2.24) is 10.2 Å². The summed E-state index contributed by atoms with van der Waals surface area (Å²) in [4.78, 5) is 12.1. The van der Waals surface area contributed by atoms with E-state index in [-0.39, 0.29) is 22.9 Å². The maximum atomic E-state index is 13.2. The lowest BCUT2D eigenvalue weighted by atomic mass is 10.1. The van der Waals surface area contributed by atoms with Gasteiger partial charge >= 0.3 is 6.18 Å². The van der Waals surface area contributed by atoms with Crippen molar-refractivity contribution in [2.45, 2.75) is 12.8 Å². The molecule has 0 aliphatic rings. The molecule has 2 N–H and O–H groups in total. The number of alkyl halides is 3. The summed E-state index contributed by atoms with van der Waals surface area (Å²) < 4.78 is 63.1. The second-order valence-corrected chi connectivity index (χ2v) is 6.30. The van der Waals surface area contributed by atoms with Crippen LogP contribution in [0, 0.1) is 5.82 Å². The number of anilines is 1. The van der Waals surface area contributed by atoms with E-state index < -0.39 is 30.1 Å². The van der Waals surface area contributed by atoms with Gasteiger partial charge in [-0.1, -0.05) is 6.07 Å². The topological polar surface area (TPSA) is 80.2 Å². The van der Waals surface area contributed by atoms with Gasteiger partial charge < -0.3 is 14.5 Å². The molecule has 0 aliphatic carbocycles. The number of ether oxygens (including phenoxy) is 1. The number of halogens is 4. The fraction of sp³-hybridized carbons (Fsp3) is 0.100. The Morgan fingerprint density at radius 1 is 1.17 bits per heavy atom. The second kappa shape index (κ2) is 7.54. The summed E-state index contributed by atoms with van der Waals surface area (Å²) in [6, 6.07) is 10.1. The first-order chi connectivity index (χ1) is 14.3. The first-order valence-electron chi connectivity index (χ1n) is 8.62. The lowest BCUT2D eigenvalue weighted by Crippen LogP contribution is -2.11. The zero-order valence-corrected chi connectivity index (χ0v) is 15.1. The average Bonchev–Trinajstić information content (AvgIpc) is 3.37. The molecule has 0 unspecified atom stereocenters. The SMILES string of the molecule is O=C(Nc1n[nH]c2ccc(OCc3ccc(F)cc3C(F)(F)F)cc12)c1ccco1. The number of hydrogen-bond donors (Lipinski definition) is 2. The van der Waals surface area contributed by atoms with E-state index in [0.29, 0.717) is 17.0 Å². The molecule has 6 nitrogen and oxygen atoms in total. The molecule has 0 aliphatic heterocycles. The van der Waals surface area contributed by atoms with Crippen molar-refractivity contribution in [1.29, 1.82) is 0 Å². The Morgan fingerprint density at radius 2 is 2.00 bits per heavy atom. The minimum atomic E-state index is -4.71. The summed E-state index contributed by atoms with van der Waals surface area (Å²) in [6.45, 7) is -0.424. The Labute approximate surface area is 166 Å². The van der Waals surface area contributed by atoms with Crippen LogP contribution in [0.2, 0.25) is 0 Å². The van der Waals surface area contributed by atoms with Crippen LogP contribution in [0.3, 0.4) is 0 Å². The normalized spacial score (nSPS) is 11.6. The number of amides is 1. The van der Waals surface area contributed by atoms with Crippen molar-refractivity contribution in [3.63, 3.8) is 0 Å². The summed E-state index contributed by atoms with van der Waals surface area (Å²) in [5.74, 6) is -0.956. The van der Waals surface area contributed by atoms with E-state index in [1.54, 1.807) is 12.1 Å². The van der Waals surface area contributed by atoms with E-state index in [0.717, 1.165) is 12.1 Å². The molecule has 30 heavy (non-hydrogen) atoms. The summed E-state index contributed by atoms with van der Waals surface area (Å²) in [7, 11) is 0. The van der Waals surface area contributed by atoms with Crippen molar-refractivity contribution in [2.75, 3.05) is 5.32 Å². The molecule has 0 saturated carbocycles. The number of rotatable bonds is 5. The zero-order chi connectivity index (χ0) is 21.3. The van der Waals surface area contributed by atoms with Crippen molar-refractivity contribution >= 4 is 22.6 Å². The third-order valence-corrected chi connectivity index (χ3v) is 4.28. The number of furan rings is 1. The molecular weight excluding hydrogens is 406 g/mol. The quantitative estimate of drug-likeness (QED) is 0.439. The molecule has 10 heteroatoms. The first kappa shape index (κ1) is 19.5. The second-order valence-electron chi connectivity index (χ2n) is 6.30. The summed E-state index contributed by atoms with van der Waals surface area (Å²) >= 11 is 0. The van der Waals surface area contributed by atoms with E-state index in [9.17, 15) is 22.4 Å². The van der Waals surface area contributed by atoms with Gasteiger partial charge in [0.2, 0.25) is 0 Å². The fourth-order valence-corrected chi connectivity index (χ4v) is 2.85. The van der Waals surface area contributed by atoms with Gasteiger partial charge in [0.15, 0.2) is 11.6 Å². The zero-order valence-electron chi connectivity index (χ0n) is 15.1. The maximum absolute atomic E-state index is 13.2. The molecule has 2 aromatic heterocycles.